The minimum atomic E-state index is -3.72. The third-order valence-electron chi connectivity index (χ3n) is 4.03. The Morgan fingerprint density at radius 1 is 1.04 bits per heavy atom. The van der Waals surface area contributed by atoms with Gasteiger partial charge in [-0.25, -0.2) is 13.1 Å². The van der Waals surface area contributed by atoms with Gasteiger partial charge in [-0.1, -0.05) is 18.2 Å². The van der Waals surface area contributed by atoms with E-state index in [-0.39, 0.29) is 17.2 Å². The molecule has 1 aliphatic rings. The number of benzene rings is 2. The van der Waals surface area contributed by atoms with Crippen LogP contribution in [-0.2, 0) is 29.7 Å². The largest absolute Gasteiger partial charge is 0.497 e. The fourth-order valence-corrected chi connectivity index (χ4v) is 3.91. The number of ether oxygens (including phenoxy) is 2. The van der Waals surface area contributed by atoms with Crippen molar-refractivity contribution in [3.05, 3.63) is 53.1 Å². The molecular weight excluding hydrogens is 328 g/mol. The Labute approximate surface area is 141 Å². The fourth-order valence-electron chi connectivity index (χ4n) is 2.71. The van der Waals surface area contributed by atoms with Crippen LogP contribution in [0.1, 0.15) is 16.7 Å². The minimum Gasteiger partial charge on any atom is -0.497 e. The normalized spacial score (nSPS) is 13.6. The van der Waals surface area contributed by atoms with Crippen LogP contribution in [0.15, 0.2) is 41.3 Å². The van der Waals surface area contributed by atoms with Gasteiger partial charge < -0.3 is 14.8 Å². The number of hydrogen-bond donors (Lipinski definition) is 2. The molecule has 0 aromatic heterocycles. The summed E-state index contributed by atoms with van der Waals surface area (Å²) < 4.78 is 38.1. The number of sulfonamides is 1. The van der Waals surface area contributed by atoms with Crippen LogP contribution in [0.5, 0.6) is 11.5 Å². The molecule has 6 nitrogen and oxygen atoms in total. The third kappa shape index (κ3) is 3.38. The average Bonchev–Trinajstić information content (AvgIpc) is 3.07. The second-order valence-electron chi connectivity index (χ2n) is 5.55. The molecule has 0 spiro atoms. The smallest absolute Gasteiger partial charge is 0.244 e. The van der Waals surface area contributed by atoms with Gasteiger partial charge in [0.05, 0.1) is 14.2 Å². The summed E-state index contributed by atoms with van der Waals surface area (Å²) >= 11 is 0. The van der Waals surface area contributed by atoms with Crippen LogP contribution in [0, 0.1) is 0 Å². The number of nitrogens with one attached hydrogen (secondary N) is 2. The highest BCUT2D eigenvalue weighted by atomic mass is 32.2. The molecule has 128 valence electrons. The number of fused-ring (bicyclic) bond motifs is 1. The lowest BCUT2D eigenvalue weighted by atomic mass is 10.1. The van der Waals surface area contributed by atoms with Crippen molar-refractivity contribution >= 4 is 10.0 Å². The molecule has 0 radical (unpaired) electrons. The number of methoxy groups -OCH3 is 2. The lowest BCUT2D eigenvalue weighted by Gasteiger charge is -2.12. The van der Waals surface area contributed by atoms with Gasteiger partial charge in [-0.05, 0) is 28.8 Å². The molecule has 0 saturated heterocycles. The lowest BCUT2D eigenvalue weighted by molar-refractivity contribution is 0.392. The highest BCUT2D eigenvalue weighted by molar-refractivity contribution is 7.89. The van der Waals surface area contributed by atoms with Crippen LogP contribution in [-0.4, -0.2) is 22.6 Å². The minimum absolute atomic E-state index is 0.0622. The van der Waals surface area contributed by atoms with E-state index >= 15 is 0 Å². The zero-order valence-electron chi connectivity index (χ0n) is 13.6. The van der Waals surface area contributed by atoms with E-state index in [1.165, 1.54) is 31.4 Å². The molecule has 1 heterocycles. The second-order valence-corrected chi connectivity index (χ2v) is 7.28. The topological polar surface area (TPSA) is 76.7 Å². The number of hydrogen-bond acceptors (Lipinski definition) is 5. The number of rotatable bonds is 6. The maximum atomic E-state index is 12.6. The predicted octanol–water partition coefficient (Wildman–Crippen LogP) is 1.79. The summed E-state index contributed by atoms with van der Waals surface area (Å²) in [5.74, 6) is 0.737. The SMILES string of the molecule is COc1ccc(OC)c(S(=O)(=O)NCc2ccc3c(c2)CNC3)c1. The van der Waals surface area contributed by atoms with Crippen molar-refractivity contribution in [2.75, 3.05) is 14.2 Å². The Morgan fingerprint density at radius 2 is 1.83 bits per heavy atom. The Kier molecular flexibility index (Phi) is 4.75. The molecule has 7 heteroatoms. The summed E-state index contributed by atoms with van der Waals surface area (Å²) in [6.45, 7) is 1.90. The maximum absolute atomic E-state index is 12.6. The van der Waals surface area contributed by atoms with Crippen molar-refractivity contribution in [2.45, 2.75) is 24.5 Å². The molecule has 0 saturated carbocycles. The van der Waals surface area contributed by atoms with Crippen LogP contribution in [0.3, 0.4) is 0 Å². The van der Waals surface area contributed by atoms with Crippen LogP contribution < -0.4 is 19.5 Å². The van der Waals surface area contributed by atoms with Gasteiger partial charge in [0.2, 0.25) is 10.0 Å². The first kappa shape index (κ1) is 16.8. The van der Waals surface area contributed by atoms with E-state index in [2.05, 4.69) is 10.0 Å². The maximum Gasteiger partial charge on any atom is 0.244 e. The van der Waals surface area contributed by atoms with Gasteiger partial charge in [-0.2, -0.15) is 0 Å². The summed E-state index contributed by atoms with van der Waals surface area (Å²) in [5.41, 5.74) is 3.39. The molecule has 0 aliphatic carbocycles. The summed E-state index contributed by atoms with van der Waals surface area (Å²) in [4.78, 5) is 0.0622. The van der Waals surface area contributed by atoms with E-state index in [0.29, 0.717) is 5.75 Å². The van der Waals surface area contributed by atoms with Gasteiger partial charge >= 0.3 is 0 Å². The summed E-state index contributed by atoms with van der Waals surface area (Å²) in [5, 5.41) is 3.27. The van der Waals surface area contributed by atoms with Gasteiger partial charge in [-0.15, -0.1) is 0 Å². The van der Waals surface area contributed by atoms with E-state index in [9.17, 15) is 8.42 Å². The van der Waals surface area contributed by atoms with Crippen molar-refractivity contribution in [3.8, 4) is 11.5 Å². The van der Waals surface area contributed by atoms with Crippen molar-refractivity contribution in [3.63, 3.8) is 0 Å². The molecule has 0 atom stereocenters. The predicted molar refractivity (Wildman–Crippen MR) is 90.6 cm³/mol. The van der Waals surface area contributed by atoms with E-state index < -0.39 is 10.0 Å². The van der Waals surface area contributed by atoms with E-state index in [4.69, 9.17) is 9.47 Å². The Balaban J connectivity index is 1.81. The van der Waals surface area contributed by atoms with Crippen LogP contribution in [0.2, 0.25) is 0 Å². The monoisotopic (exact) mass is 348 g/mol. The quantitative estimate of drug-likeness (QED) is 0.832. The molecule has 24 heavy (non-hydrogen) atoms. The van der Waals surface area contributed by atoms with Crippen molar-refractivity contribution in [1.29, 1.82) is 0 Å². The first-order valence-corrected chi connectivity index (χ1v) is 9.05. The molecular formula is C17H20N2O4S. The lowest BCUT2D eigenvalue weighted by Crippen LogP contribution is -2.24. The van der Waals surface area contributed by atoms with Crippen molar-refractivity contribution in [1.82, 2.24) is 10.0 Å². The van der Waals surface area contributed by atoms with E-state index in [1.807, 2.05) is 18.2 Å². The zero-order chi connectivity index (χ0) is 17.2. The van der Waals surface area contributed by atoms with Crippen LogP contribution >= 0.6 is 0 Å². The van der Waals surface area contributed by atoms with Gasteiger partial charge in [0.1, 0.15) is 16.4 Å². The molecule has 0 unspecified atom stereocenters. The van der Waals surface area contributed by atoms with Gasteiger partial charge in [0, 0.05) is 25.7 Å². The Morgan fingerprint density at radius 3 is 2.58 bits per heavy atom. The molecule has 1 aliphatic heterocycles. The average molecular weight is 348 g/mol. The molecule has 2 aromatic carbocycles. The van der Waals surface area contributed by atoms with Crippen LogP contribution in [0.25, 0.3) is 0 Å². The van der Waals surface area contributed by atoms with Gasteiger partial charge in [-0.3, -0.25) is 0 Å². The zero-order valence-corrected chi connectivity index (χ0v) is 14.4. The first-order valence-electron chi connectivity index (χ1n) is 7.56. The van der Waals surface area contributed by atoms with Gasteiger partial charge in [0.15, 0.2) is 0 Å². The molecule has 3 rings (SSSR count). The van der Waals surface area contributed by atoms with E-state index in [0.717, 1.165) is 18.7 Å². The molecule has 0 fully saturated rings. The molecule has 2 N–H and O–H groups in total. The standard InChI is InChI=1S/C17H20N2O4S/c1-22-15-5-6-16(23-2)17(8-15)24(20,21)19-9-12-3-4-13-10-18-11-14(13)7-12/h3-8,18-19H,9-11H2,1-2H3. The Bertz CT molecular complexity index is 850. The Hall–Kier alpha value is -2.09. The summed E-state index contributed by atoms with van der Waals surface area (Å²) in [6, 6.07) is 10.7. The molecule has 0 amide bonds. The second kappa shape index (κ2) is 6.80. The van der Waals surface area contributed by atoms with Gasteiger partial charge in [0.25, 0.3) is 0 Å². The van der Waals surface area contributed by atoms with Crippen molar-refractivity contribution < 1.29 is 17.9 Å². The fraction of sp³-hybridized carbons (Fsp3) is 0.294. The van der Waals surface area contributed by atoms with Crippen molar-refractivity contribution in [2.24, 2.45) is 0 Å². The van der Waals surface area contributed by atoms with E-state index in [1.54, 1.807) is 12.1 Å². The highest BCUT2D eigenvalue weighted by Crippen LogP contribution is 2.28. The summed E-state index contributed by atoms with van der Waals surface area (Å²) in [6.07, 6.45) is 0. The summed E-state index contributed by atoms with van der Waals surface area (Å²) in [7, 11) is -0.789. The third-order valence-corrected chi connectivity index (χ3v) is 5.45. The first-order chi connectivity index (χ1) is 11.5. The van der Waals surface area contributed by atoms with Crippen LogP contribution in [0.4, 0.5) is 0 Å². The molecule has 0 bridgehead atoms. The molecule has 2 aromatic rings. The highest BCUT2D eigenvalue weighted by Gasteiger charge is 2.20.